The van der Waals surface area contributed by atoms with Crippen molar-refractivity contribution in [2.24, 2.45) is 0 Å². The van der Waals surface area contributed by atoms with Gasteiger partial charge in [0.1, 0.15) is 0 Å². The topological polar surface area (TPSA) is 46.4 Å². The minimum Gasteiger partial charge on any atom is -0.325 e. The lowest BCUT2D eigenvalue weighted by Crippen LogP contribution is -2.14. The highest BCUT2D eigenvalue weighted by Gasteiger charge is 2.07. The van der Waals surface area contributed by atoms with E-state index < -0.39 is 0 Å². The molecule has 2 aromatic carbocycles. The minimum atomic E-state index is 0.0150. The smallest absolute Gasteiger partial charge is 0.234 e. The molecule has 26 heavy (non-hydrogen) atoms. The number of hydrogen-bond donors (Lipinski definition) is 1. The van der Waals surface area contributed by atoms with Crippen molar-refractivity contribution in [3.05, 3.63) is 77.9 Å². The molecule has 2 heterocycles. The van der Waals surface area contributed by atoms with E-state index in [0.29, 0.717) is 5.75 Å². The summed E-state index contributed by atoms with van der Waals surface area (Å²) in [4.78, 5) is 17.7. The third-order valence-corrected chi connectivity index (χ3v) is 5.68. The third kappa shape index (κ3) is 3.98. The van der Waals surface area contributed by atoms with Crippen LogP contribution in [-0.2, 0) is 10.5 Å². The number of imidazole rings is 1. The zero-order valence-corrected chi connectivity index (χ0v) is 15.6. The quantitative estimate of drug-likeness (QED) is 0.516. The van der Waals surface area contributed by atoms with Crippen molar-refractivity contribution < 1.29 is 4.79 Å². The van der Waals surface area contributed by atoms with Crippen LogP contribution >= 0.6 is 23.1 Å². The molecule has 1 N–H and O–H groups in total. The number of benzene rings is 2. The summed E-state index contributed by atoms with van der Waals surface area (Å²) in [5, 5.41) is 4.96. The van der Waals surface area contributed by atoms with Gasteiger partial charge in [-0.15, -0.1) is 23.1 Å². The van der Waals surface area contributed by atoms with E-state index in [9.17, 15) is 4.79 Å². The van der Waals surface area contributed by atoms with Crippen molar-refractivity contribution in [2.45, 2.75) is 5.75 Å². The van der Waals surface area contributed by atoms with E-state index in [-0.39, 0.29) is 5.91 Å². The van der Waals surface area contributed by atoms with E-state index in [1.165, 1.54) is 5.56 Å². The van der Waals surface area contributed by atoms with Gasteiger partial charge in [-0.2, -0.15) is 0 Å². The summed E-state index contributed by atoms with van der Waals surface area (Å²) in [5.74, 6) is 1.29. The number of thioether (sulfide) groups is 1. The average Bonchev–Trinajstić information content (AvgIpc) is 3.25. The molecule has 130 valence electrons. The number of rotatable bonds is 6. The lowest BCUT2D eigenvalue weighted by atomic mass is 10.1. The predicted molar refractivity (Wildman–Crippen MR) is 110 cm³/mol. The van der Waals surface area contributed by atoms with Crippen molar-refractivity contribution in [1.29, 1.82) is 0 Å². The van der Waals surface area contributed by atoms with E-state index in [4.69, 9.17) is 0 Å². The molecule has 2 aromatic heterocycles. The highest BCUT2D eigenvalue weighted by molar-refractivity contribution is 7.99. The Hall–Kier alpha value is -2.57. The summed E-state index contributed by atoms with van der Waals surface area (Å²) in [7, 11) is 0. The van der Waals surface area contributed by atoms with Crippen molar-refractivity contribution in [3.8, 4) is 11.3 Å². The Kier molecular flexibility index (Phi) is 5.04. The van der Waals surface area contributed by atoms with Crippen LogP contribution in [0.1, 0.15) is 5.56 Å². The molecule has 0 aliphatic rings. The Labute approximate surface area is 159 Å². The zero-order valence-electron chi connectivity index (χ0n) is 14.0. The van der Waals surface area contributed by atoms with Crippen LogP contribution in [0.3, 0.4) is 0 Å². The standard InChI is InChI=1S/C20H17N3OS2/c24-19(14-25-13-15-4-2-1-3-5-15)21-17-8-6-16(7-9-17)18-12-23-10-11-26-20(23)22-18/h1-12H,13-14H2,(H,21,24). The molecular weight excluding hydrogens is 362 g/mol. The second kappa shape index (κ2) is 7.76. The third-order valence-electron chi connectivity index (χ3n) is 3.90. The Morgan fingerprint density at radius 1 is 1.12 bits per heavy atom. The second-order valence-corrected chi connectivity index (χ2v) is 7.68. The molecule has 0 aliphatic carbocycles. The lowest BCUT2D eigenvalue weighted by Gasteiger charge is -2.06. The van der Waals surface area contributed by atoms with E-state index in [0.717, 1.165) is 27.7 Å². The first-order valence-electron chi connectivity index (χ1n) is 8.22. The van der Waals surface area contributed by atoms with E-state index in [1.54, 1.807) is 23.1 Å². The van der Waals surface area contributed by atoms with Crippen LogP contribution in [0, 0.1) is 0 Å². The van der Waals surface area contributed by atoms with E-state index in [1.807, 2.05) is 64.6 Å². The number of carbonyl (C=O) groups excluding carboxylic acids is 1. The highest BCUT2D eigenvalue weighted by atomic mass is 32.2. The number of aromatic nitrogens is 2. The summed E-state index contributed by atoms with van der Waals surface area (Å²) >= 11 is 3.23. The van der Waals surface area contributed by atoms with Crippen LogP contribution in [0.4, 0.5) is 5.69 Å². The Bertz CT molecular complexity index is 978. The van der Waals surface area contributed by atoms with Crippen molar-refractivity contribution in [2.75, 3.05) is 11.1 Å². The maximum Gasteiger partial charge on any atom is 0.234 e. The van der Waals surface area contributed by atoms with Gasteiger partial charge in [-0.1, -0.05) is 42.5 Å². The maximum atomic E-state index is 12.1. The first kappa shape index (κ1) is 16.9. The normalized spacial score (nSPS) is 10.9. The molecule has 0 aliphatic heterocycles. The van der Waals surface area contributed by atoms with Gasteiger partial charge >= 0.3 is 0 Å². The fourth-order valence-corrected chi connectivity index (χ4v) is 4.11. The van der Waals surface area contributed by atoms with Gasteiger partial charge in [0.15, 0.2) is 4.96 Å². The van der Waals surface area contributed by atoms with Gasteiger partial charge in [0.25, 0.3) is 0 Å². The molecule has 0 saturated carbocycles. The first-order valence-corrected chi connectivity index (χ1v) is 10.3. The molecule has 0 spiro atoms. The average molecular weight is 380 g/mol. The predicted octanol–water partition coefficient (Wildman–Crippen LogP) is 4.93. The number of thiazole rings is 1. The summed E-state index contributed by atoms with van der Waals surface area (Å²) in [5.41, 5.74) is 4.01. The van der Waals surface area contributed by atoms with Gasteiger partial charge < -0.3 is 5.32 Å². The monoisotopic (exact) mass is 379 g/mol. The maximum absolute atomic E-state index is 12.1. The van der Waals surface area contributed by atoms with Gasteiger partial charge in [-0.05, 0) is 17.7 Å². The van der Waals surface area contributed by atoms with Crippen LogP contribution in [0.25, 0.3) is 16.2 Å². The molecule has 0 radical (unpaired) electrons. The molecule has 4 nitrogen and oxygen atoms in total. The van der Waals surface area contributed by atoms with Crippen molar-refractivity contribution in [3.63, 3.8) is 0 Å². The van der Waals surface area contributed by atoms with Gasteiger partial charge in [0, 0.05) is 34.8 Å². The molecule has 0 unspecified atom stereocenters. The molecule has 0 atom stereocenters. The molecule has 4 rings (SSSR count). The van der Waals surface area contributed by atoms with Crippen LogP contribution in [0.5, 0.6) is 0 Å². The number of nitrogens with zero attached hydrogens (tertiary/aromatic N) is 2. The zero-order chi connectivity index (χ0) is 17.8. The molecule has 0 fully saturated rings. The van der Waals surface area contributed by atoms with Crippen LogP contribution in [0.15, 0.2) is 72.4 Å². The molecule has 0 bridgehead atoms. The molecular formula is C20H17N3OS2. The number of fused-ring (bicyclic) bond motifs is 1. The van der Waals surface area contributed by atoms with Gasteiger partial charge in [-0.25, -0.2) is 4.98 Å². The number of hydrogen-bond acceptors (Lipinski definition) is 4. The summed E-state index contributed by atoms with van der Waals surface area (Å²) in [6.45, 7) is 0. The van der Waals surface area contributed by atoms with Gasteiger partial charge in [-0.3, -0.25) is 9.20 Å². The summed E-state index contributed by atoms with van der Waals surface area (Å²) in [6, 6.07) is 18.0. The van der Waals surface area contributed by atoms with Crippen LogP contribution < -0.4 is 5.32 Å². The van der Waals surface area contributed by atoms with Crippen molar-refractivity contribution >= 4 is 39.7 Å². The number of nitrogens with one attached hydrogen (secondary N) is 1. The highest BCUT2D eigenvalue weighted by Crippen LogP contribution is 2.23. The summed E-state index contributed by atoms with van der Waals surface area (Å²) < 4.78 is 2.01. The van der Waals surface area contributed by atoms with E-state index in [2.05, 4.69) is 22.4 Å². The number of amides is 1. The van der Waals surface area contributed by atoms with Gasteiger partial charge in [0.2, 0.25) is 5.91 Å². The fourth-order valence-electron chi connectivity index (χ4n) is 2.62. The Morgan fingerprint density at radius 3 is 2.69 bits per heavy atom. The molecule has 6 heteroatoms. The second-order valence-electron chi connectivity index (χ2n) is 5.82. The number of carbonyl (C=O) groups is 1. The SMILES string of the molecule is O=C(CSCc1ccccc1)Nc1ccc(-c2cn3ccsc3n2)cc1. The largest absolute Gasteiger partial charge is 0.325 e. The molecule has 0 saturated heterocycles. The van der Waals surface area contributed by atoms with E-state index >= 15 is 0 Å². The van der Waals surface area contributed by atoms with Crippen LogP contribution in [-0.4, -0.2) is 21.0 Å². The molecule has 4 aromatic rings. The fraction of sp³-hybridized carbons (Fsp3) is 0.100. The van der Waals surface area contributed by atoms with Crippen LogP contribution in [0.2, 0.25) is 0 Å². The van der Waals surface area contributed by atoms with Crippen molar-refractivity contribution in [1.82, 2.24) is 9.38 Å². The summed E-state index contributed by atoms with van der Waals surface area (Å²) in [6.07, 6.45) is 4.01. The minimum absolute atomic E-state index is 0.0150. The first-order chi connectivity index (χ1) is 12.8. The Balaban J connectivity index is 1.32. The lowest BCUT2D eigenvalue weighted by molar-refractivity contribution is -0.113. The van der Waals surface area contributed by atoms with Gasteiger partial charge in [0.05, 0.1) is 11.4 Å². The Morgan fingerprint density at radius 2 is 1.92 bits per heavy atom. The number of anilines is 1. The molecule has 1 amide bonds.